The number of anilines is 1. The van der Waals surface area contributed by atoms with Crippen LogP contribution < -0.4 is 5.32 Å². The smallest absolute Gasteiger partial charge is 0.230 e. The zero-order valence-electron chi connectivity index (χ0n) is 17.6. The Kier molecular flexibility index (Phi) is 5.25. The number of nitrogens with one attached hydrogen (secondary N) is 1. The van der Waals surface area contributed by atoms with Gasteiger partial charge in [0.15, 0.2) is 5.58 Å². The molecule has 0 spiro atoms. The van der Waals surface area contributed by atoms with Gasteiger partial charge in [-0.15, -0.1) is 11.3 Å². The molecule has 1 N–H and O–H groups in total. The van der Waals surface area contributed by atoms with Crippen LogP contribution in [0.1, 0.15) is 16.8 Å². The molecule has 0 aliphatic carbocycles. The number of amides is 1. The SMILES string of the molecule is Cc1cc(C)c2onc(CC(=O)Nc3cccc(-c4csc(-c5cccnc5)n4)c3)c2c1. The quantitative estimate of drug-likeness (QED) is 0.373. The lowest BCUT2D eigenvalue weighted by Gasteiger charge is -2.06. The van der Waals surface area contributed by atoms with Gasteiger partial charge in [-0.2, -0.15) is 0 Å². The van der Waals surface area contributed by atoms with E-state index in [1.807, 2.05) is 67.8 Å². The summed E-state index contributed by atoms with van der Waals surface area (Å²) in [6.45, 7) is 4.00. The van der Waals surface area contributed by atoms with Crippen LogP contribution in [-0.4, -0.2) is 21.0 Å². The highest BCUT2D eigenvalue weighted by Gasteiger charge is 2.15. The van der Waals surface area contributed by atoms with Gasteiger partial charge < -0.3 is 9.84 Å². The van der Waals surface area contributed by atoms with Gasteiger partial charge in [0.25, 0.3) is 0 Å². The first-order valence-corrected chi connectivity index (χ1v) is 11.1. The molecule has 32 heavy (non-hydrogen) atoms. The molecule has 6 nitrogen and oxygen atoms in total. The zero-order chi connectivity index (χ0) is 22.1. The molecular formula is C25H20N4O2S. The fourth-order valence-electron chi connectivity index (χ4n) is 3.71. The van der Waals surface area contributed by atoms with E-state index < -0.39 is 0 Å². The van der Waals surface area contributed by atoms with E-state index in [0.717, 1.165) is 43.9 Å². The van der Waals surface area contributed by atoms with Crippen LogP contribution in [-0.2, 0) is 11.2 Å². The number of pyridine rings is 1. The molecule has 0 aliphatic rings. The van der Waals surface area contributed by atoms with Crippen LogP contribution in [0.3, 0.4) is 0 Å². The molecule has 0 aliphatic heterocycles. The number of rotatable bonds is 5. The first kappa shape index (κ1) is 20.1. The van der Waals surface area contributed by atoms with Crippen molar-refractivity contribution in [3.05, 3.63) is 83.1 Å². The number of benzene rings is 2. The van der Waals surface area contributed by atoms with Crippen molar-refractivity contribution in [3.63, 3.8) is 0 Å². The Balaban J connectivity index is 1.33. The number of hydrogen-bond acceptors (Lipinski definition) is 6. The standard InChI is InChI=1S/C25H20N4O2S/c1-15-9-16(2)24-20(10-15)21(29-31-24)12-23(30)27-19-7-3-5-17(11-19)22-14-32-25(28-22)18-6-4-8-26-13-18/h3-11,13-14H,12H2,1-2H3,(H,27,30). The minimum Gasteiger partial charge on any atom is -0.356 e. The Hall–Kier alpha value is -3.84. The molecule has 3 heterocycles. The molecule has 3 aromatic heterocycles. The summed E-state index contributed by atoms with van der Waals surface area (Å²) in [6.07, 6.45) is 3.69. The van der Waals surface area contributed by atoms with E-state index in [0.29, 0.717) is 11.4 Å². The maximum Gasteiger partial charge on any atom is 0.230 e. The van der Waals surface area contributed by atoms with E-state index in [1.54, 1.807) is 23.7 Å². The number of thiazole rings is 1. The number of aromatic nitrogens is 3. The monoisotopic (exact) mass is 440 g/mol. The van der Waals surface area contributed by atoms with Crippen molar-refractivity contribution in [1.29, 1.82) is 0 Å². The van der Waals surface area contributed by atoms with Crippen LogP contribution >= 0.6 is 11.3 Å². The number of fused-ring (bicyclic) bond motifs is 1. The second-order valence-electron chi connectivity index (χ2n) is 7.67. The van der Waals surface area contributed by atoms with Crippen molar-refractivity contribution < 1.29 is 9.32 Å². The van der Waals surface area contributed by atoms with E-state index >= 15 is 0 Å². The number of carbonyl (C=O) groups is 1. The van der Waals surface area contributed by atoms with Gasteiger partial charge >= 0.3 is 0 Å². The van der Waals surface area contributed by atoms with E-state index in [-0.39, 0.29) is 12.3 Å². The first-order chi connectivity index (χ1) is 15.6. The number of carbonyl (C=O) groups excluding carboxylic acids is 1. The van der Waals surface area contributed by atoms with Gasteiger partial charge in [0.1, 0.15) is 10.7 Å². The molecule has 0 fully saturated rings. The average molecular weight is 441 g/mol. The van der Waals surface area contributed by atoms with Gasteiger partial charge in [-0.05, 0) is 55.3 Å². The third kappa shape index (κ3) is 4.02. The molecule has 7 heteroatoms. The summed E-state index contributed by atoms with van der Waals surface area (Å²) in [7, 11) is 0. The van der Waals surface area contributed by atoms with Gasteiger partial charge in [-0.3, -0.25) is 9.78 Å². The van der Waals surface area contributed by atoms with Gasteiger partial charge in [0.05, 0.1) is 12.1 Å². The summed E-state index contributed by atoms with van der Waals surface area (Å²) in [5.74, 6) is -0.147. The lowest BCUT2D eigenvalue weighted by Crippen LogP contribution is -2.14. The van der Waals surface area contributed by atoms with E-state index in [1.165, 1.54) is 0 Å². The summed E-state index contributed by atoms with van der Waals surface area (Å²) in [4.78, 5) is 21.6. The molecule has 5 aromatic rings. The zero-order valence-corrected chi connectivity index (χ0v) is 18.4. The predicted octanol–water partition coefficient (Wildman–Crippen LogP) is 5.81. The molecule has 0 radical (unpaired) electrons. The van der Waals surface area contributed by atoms with Crippen molar-refractivity contribution >= 4 is 33.9 Å². The van der Waals surface area contributed by atoms with Crippen molar-refractivity contribution in [3.8, 4) is 21.8 Å². The number of nitrogens with zero attached hydrogens (tertiary/aromatic N) is 3. The predicted molar refractivity (Wildman–Crippen MR) is 127 cm³/mol. The fourth-order valence-corrected chi connectivity index (χ4v) is 4.53. The fraction of sp³-hybridized carbons (Fsp3) is 0.120. The van der Waals surface area contributed by atoms with Gasteiger partial charge in [-0.25, -0.2) is 4.98 Å². The molecule has 5 rings (SSSR count). The van der Waals surface area contributed by atoms with Crippen molar-refractivity contribution in [2.75, 3.05) is 5.32 Å². The Bertz CT molecular complexity index is 1420. The normalized spacial score (nSPS) is 11.1. The Morgan fingerprint density at radius 2 is 1.97 bits per heavy atom. The summed E-state index contributed by atoms with van der Waals surface area (Å²) < 4.78 is 5.46. The van der Waals surface area contributed by atoms with Crippen LogP contribution in [0.4, 0.5) is 5.69 Å². The lowest BCUT2D eigenvalue weighted by atomic mass is 10.1. The molecule has 158 valence electrons. The summed E-state index contributed by atoms with van der Waals surface area (Å²) >= 11 is 1.57. The van der Waals surface area contributed by atoms with Crippen LogP contribution in [0.25, 0.3) is 32.8 Å². The highest BCUT2D eigenvalue weighted by Crippen LogP contribution is 2.30. The average Bonchev–Trinajstić information content (AvgIpc) is 3.43. The molecule has 0 saturated heterocycles. The second-order valence-corrected chi connectivity index (χ2v) is 8.53. The maximum atomic E-state index is 12.7. The molecule has 0 unspecified atom stereocenters. The van der Waals surface area contributed by atoms with Gasteiger partial charge in [0.2, 0.25) is 5.91 Å². The third-order valence-corrected chi connectivity index (χ3v) is 6.05. The largest absolute Gasteiger partial charge is 0.356 e. The molecule has 0 saturated carbocycles. The minimum absolute atomic E-state index is 0.141. The Morgan fingerprint density at radius 1 is 1.09 bits per heavy atom. The van der Waals surface area contributed by atoms with E-state index in [9.17, 15) is 4.79 Å². The van der Waals surface area contributed by atoms with Crippen LogP contribution in [0.2, 0.25) is 0 Å². The third-order valence-electron chi connectivity index (χ3n) is 5.16. The van der Waals surface area contributed by atoms with Gasteiger partial charge in [0, 0.05) is 40.0 Å². The molecule has 1 amide bonds. The van der Waals surface area contributed by atoms with E-state index in [4.69, 9.17) is 9.51 Å². The minimum atomic E-state index is -0.147. The molecule has 2 aromatic carbocycles. The summed E-state index contributed by atoms with van der Waals surface area (Å²) in [5.41, 5.74) is 6.99. The van der Waals surface area contributed by atoms with Crippen molar-refractivity contribution in [1.82, 2.24) is 15.1 Å². The summed E-state index contributed by atoms with van der Waals surface area (Å²) in [6, 6.07) is 15.6. The number of aryl methyl sites for hydroxylation is 2. The van der Waals surface area contributed by atoms with Crippen LogP contribution in [0.5, 0.6) is 0 Å². The van der Waals surface area contributed by atoms with Crippen LogP contribution in [0.15, 0.2) is 70.8 Å². The van der Waals surface area contributed by atoms with Crippen molar-refractivity contribution in [2.24, 2.45) is 0 Å². The second kappa shape index (κ2) is 8.36. The lowest BCUT2D eigenvalue weighted by molar-refractivity contribution is -0.115. The topological polar surface area (TPSA) is 80.9 Å². The maximum absolute atomic E-state index is 12.7. The summed E-state index contributed by atoms with van der Waals surface area (Å²) in [5, 5.41) is 10.9. The van der Waals surface area contributed by atoms with Crippen LogP contribution in [0, 0.1) is 13.8 Å². The number of hydrogen-bond donors (Lipinski definition) is 1. The molecule has 0 atom stereocenters. The first-order valence-electron chi connectivity index (χ1n) is 10.2. The molecular weight excluding hydrogens is 420 g/mol. The highest BCUT2D eigenvalue weighted by molar-refractivity contribution is 7.13. The van der Waals surface area contributed by atoms with Gasteiger partial charge in [-0.1, -0.05) is 23.4 Å². The van der Waals surface area contributed by atoms with Crippen molar-refractivity contribution in [2.45, 2.75) is 20.3 Å². The van der Waals surface area contributed by atoms with E-state index in [2.05, 4.69) is 15.5 Å². The molecule has 0 bridgehead atoms. The highest BCUT2D eigenvalue weighted by atomic mass is 32.1. The Labute approximate surface area is 189 Å². The Morgan fingerprint density at radius 3 is 2.81 bits per heavy atom.